The highest BCUT2D eigenvalue weighted by Crippen LogP contribution is 2.32. The Kier molecular flexibility index (Phi) is 4.76. The lowest BCUT2D eigenvalue weighted by Crippen LogP contribution is -2.21. The molecule has 1 unspecified atom stereocenters. The molecule has 1 aliphatic rings. The highest BCUT2D eigenvalue weighted by Gasteiger charge is 2.19. The third kappa shape index (κ3) is 3.32. The molecule has 1 aromatic rings. The molecule has 0 heterocycles. The summed E-state index contributed by atoms with van der Waals surface area (Å²) in [6.45, 7) is 1.84. The van der Waals surface area contributed by atoms with Gasteiger partial charge in [0, 0.05) is 6.04 Å². The van der Waals surface area contributed by atoms with E-state index in [1.54, 1.807) is 6.07 Å². The fourth-order valence-electron chi connectivity index (χ4n) is 3.06. The molecular weight excluding hydrogens is 225 g/mol. The molecule has 0 bridgehead atoms. The maximum atomic E-state index is 13.3. The van der Waals surface area contributed by atoms with Gasteiger partial charge in [0.2, 0.25) is 0 Å². The van der Waals surface area contributed by atoms with E-state index in [0.29, 0.717) is 6.04 Å². The number of hydrogen-bond donors (Lipinski definition) is 1. The van der Waals surface area contributed by atoms with E-state index < -0.39 is 0 Å². The zero-order chi connectivity index (χ0) is 13.0. The number of benzene rings is 1. The average Bonchev–Trinajstić information content (AvgIpc) is 2.40. The molecule has 18 heavy (non-hydrogen) atoms. The number of hydrogen-bond acceptors (Lipinski definition) is 1. The predicted molar refractivity (Wildman–Crippen MR) is 74.1 cm³/mol. The summed E-state index contributed by atoms with van der Waals surface area (Å²) in [5.74, 6) is 0.729. The van der Waals surface area contributed by atoms with E-state index >= 15 is 0 Å². The van der Waals surface area contributed by atoms with E-state index in [9.17, 15) is 4.39 Å². The van der Waals surface area contributed by atoms with Crippen molar-refractivity contribution in [2.45, 2.75) is 51.5 Å². The van der Waals surface area contributed by atoms with Crippen molar-refractivity contribution in [3.63, 3.8) is 0 Å². The minimum absolute atomic E-state index is 0.105. The van der Waals surface area contributed by atoms with Crippen LogP contribution in [0.1, 0.15) is 55.7 Å². The molecule has 0 spiro atoms. The molecule has 1 saturated carbocycles. The van der Waals surface area contributed by atoms with E-state index in [1.807, 2.05) is 26.1 Å². The summed E-state index contributed by atoms with van der Waals surface area (Å²) in [5.41, 5.74) is 1.97. The van der Waals surface area contributed by atoms with Crippen LogP contribution in [0.5, 0.6) is 0 Å². The minimum atomic E-state index is -0.105. The Hall–Kier alpha value is -0.890. The molecule has 100 valence electrons. The first-order valence-corrected chi connectivity index (χ1v) is 7.14. The topological polar surface area (TPSA) is 12.0 Å². The van der Waals surface area contributed by atoms with Crippen LogP contribution < -0.4 is 5.32 Å². The molecule has 0 aromatic heterocycles. The van der Waals surface area contributed by atoms with Gasteiger partial charge in [-0.3, -0.25) is 0 Å². The number of aryl methyl sites for hydroxylation is 1. The Morgan fingerprint density at radius 1 is 1.28 bits per heavy atom. The molecule has 1 N–H and O–H groups in total. The van der Waals surface area contributed by atoms with Crippen molar-refractivity contribution in [2.24, 2.45) is 5.92 Å². The third-order valence-electron chi connectivity index (χ3n) is 4.23. The molecule has 1 fully saturated rings. The van der Waals surface area contributed by atoms with Gasteiger partial charge in [-0.15, -0.1) is 0 Å². The molecule has 1 atom stereocenters. The monoisotopic (exact) mass is 249 g/mol. The molecule has 2 rings (SSSR count). The molecule has 1 aromatic carbocycles. The maximum Gasteiger partial charge on any atom is 0.126 e. The van der Waals surface area contributed by atoms with Crippen LogP contribution in [0, 0.1) is 18.7 Å². The van der Waals surface area contributed by atoms with Crippen molar-refractivity contribution in [3.05, 3.63) is 35.1 Å². The fraction of sp³-hybridized carbons (Fsp3) is 0.625. The summed E-state index contributed by atoms with van der Waals surface area (Å²) in [6, 6.07) is 5.87. The standard InChI is InChI=1S/C16H24FN/c1-12-10-14(8-9-15(12)17)16(18-2)11-13-6-4-3-5-7-13/h8-10,13,16,18H,3-7,11H2,1-2H3. The summed E-state index contributed by atoms with van der Waals surface area (Å²) < 4.78 is 13.3. The zero-order valence-corrected chi connectivity index (χ0v) is 11.5. The second kappa shape index (κ2) is 6.33. The normalized spacial score (nSPS) is 18.8. The first-order valence-electron chi connectivity index (χ1n) is 7.14. The third-order valence-corrected chi connectivity index (χ3v) is 4.23. The molecule has 1 nitrogen and oxygen atoms in total. The van der Waals surface area contributed by atoms with Gasteiger partial charge in [-0.05, 0) is 43.5 Å². The van der Waals surface area contributed by atoms with Crippen LogP contribution in [0.3, 0.4) is 0 Å². The highest BCUT2D eigenvalue weighted by atomic mass is 19.1. The number of rotatable bonds is 4. The van der Waals surface area contributed by atoms with Gasteiger partial charge in [0.15, 0.2) is 0 Å². The number of nitrogens with one attached hydrogen (secondary N) is 1. The lowest BCUT2D eigenvalue weighted by Gasteiger charge is -2.26. The summed E-state index contributed by atoms with van der Waals surface area (Å²) in [6.07, 6.45) is 8.06. The van der Waals surface area contributed by atoms with Crippen molar-refractivity contribution in [2.75, 3.05) is 7.05 Å². The van der Waals surface area contributed by atoms with Crippen molar-refractivity contribution in [3.8, 4) is 0 Å². The Bertz CT molecular complexity index is 383. The molecule has 0 saturated heterocycles. The lowest BCUT2D eigenvalue weighted by molar-refractivity contribution is 0.305. The summed E-state index contributed by atoms with van der Waals surface area (Å²) in [5, 5.41) is 3.39. The quantitative estimate of drug-likeness (QED) is 0.835. The Morgan fingerprint density at radius 3 is 2.61 bits per heavy atom. The maximum absolute atomic E-state index is 13.3. The first kappa shape index (κ1) is 13.5. The van der Waals surface area contributed by atoms with Gasteiger partial charge in [-0.2, -0.15) is 0 Å². The van der Waals surface area contributed by atoms with Crippen molar-refractivity contribution < 1.29 is 4.39 Å². The lowest BCUT2D eigenvalue weighted by atomic mass is 9.83. The summed E-state index contributed by atoms with van der Waals surface area (Å²) in [7, 11) is 2.01. The van der Waals surface area contributed by atoms with Gasteiger partial charge in [0.05, 0.1) is 0 Å². The van der Waals surface area contributed by atoms with Gasteiger partial charge in [0.25, 0.3) is 0 Å². The van der Waals surface area contributed by atoms with Gasteiger partial charge in [-0.25, -0.2) is 4.39 Å². The summed E-state index contributed by atoms with van der Waals surface area (Å²) >= 11 is 0. The average molecular weight is 249 g/mol. The van der Waals surface area contributed by atoms with Crippen LogP contribution in [-0.2, 0) is 0 Å². The molecular formula is C16H24FN. The van der Waals surface area contributed by atoms with Gasteiger partial charge in [0.1, 0.15) is 5.82 Å². The second-order valence-electron chi connectivity index (χ2n) is 5.59. The van der Waals surface area contributed by atoms with Crippen molar-refractivity contribution in [1.29, 1.82) is 0 Å². The molecule has 0 aliphatic heterocycles. The van der Waals surface area contributed by atoms with Crippen LogP contribution in [0.4, 0.5) is 4.39 Å². The van der Waals surface area contributed by atoms with E-state index in [-0.39, 0.29) is 5.82 Å². The zero-order valence-electron chi connectivity index (χ0n) is 11.5. The fourth-order valence-corrected chi connectivity index (χ4v) is 3.06. The van der Waals surface area contributed by atoms with E-state index in [0.717, 1.165) is 11.5 Å². The smallest absolute Gasteiger partial charge is 0.126 e. The van der Waals surface area contributed by atoms with Crippen LogP contribution in [-0.4, -0.2) is 7.05 Å². The first-order chi connectivity index (χ1) is 8.70. The second-order valence-corrected chi connectivity index (χ2v) is 5.59. The Balaban J connectivity index is 2.04. The van der Waals surface area contributed by atoms with Crippen LogP contribution >= 0.6 is 0 Å². The SMILES string of the molecule is CNC(CC1CCCCC1)c1ccc(F)c(C)c1. The van der Waals surface area contributed by atoms with E-state index in [4.69, 9.17) is 0 Å². The van der Waals surface area contributed by atoms with Crippen LogP contribution in [0.2, 0.25) is 0 Å². The number of halogens is 1. The minimum Gasteiger partial charge on any atom is -0.313 e. The van der Waals surface area contributed by atoms with Crippen molar-refractivity contribution >= 4 is 0 Å². The highest BCUT2D eigenvalue weighted by molar-refractivity contribution is 5.26. The van der Waals surface area contributed by atoms with Crippen LogP contribution in [0.15, 0.2) is 18.2 Å². The van der Waals surface area contributed by atoms with E-state index in [2.05, 4.69) is 5.32 Å². The molecule has 1 aliphatic carbocycles. The largest absolute Gasteiger partial charge is 0.313 e. The van der Waals surface area contributed by atoms with Crippen molar-refractivity contribution in [1.82, 2.24) is 5.32 Å². The Labute approximate surface area is 110 Å². The van der Waals surface area contributed by atoms with Crippen LogP contribution in [0.25, 0.3) is 0 Å². The van der Waals surface area contributed by atoms with Gasteiger partial charge < -0.3 is 5.32 Å². The summed E-state index contributed by atoms with van der Waals surface area (Å²) in [4.78, 5) is 0. The van der Waals surface area contributed by atoms with Gasteiger partial charge >= 0.3 is 0 Å². The molecule has 2 heteroatoms. The molecule has 0 radical (unpaired) electrons. The van der Waals surface area contributed by atoms with E-state index in [1.165, 1.54) is 44.1 Å². The predicted octanol–water partition coefficient (Wildman–Crippen LogP) is 4.37. The Morgan fingerprint density at radius 2 is 2.00 bits per heavy atom. The van der Waals surface area contributed by atoms with Gasteiger partial charge in [-0.1, -0.05) is 44.2 Å². The molecule has 0 amide bonds.